The normalized spacial score (nSPS) is 18.8. The number of nitrogens with one attached hydrogen (secondary N) is 1. The monoisotopic (exact) mass is 507 g/mol. The standard InChI is InChI=1S/C25H22FN5O4S/c26-18-5-1-17(2-6-18)15-35-19-7-3-16(4-8-19)13-20-23(27)31-25(28-24(20)33)36-21(29-31)14-22(32)30-9-11-34-12-10-30/h1-8,13,27H,9-12,14-15H2/b20-13-,27-23?. The van der Waals surface area contributed by atoms with Gasteiger partial charge in [-0.3, -0.25) is 15.0 Å². The third kappa shape index (κ3) is 5.37. The molecule has 0 spiro atoms. The van der Waals surface area contributed by atoms with E-state index in [2.05, 4.69) is 10.1 Å². The summed E-state index contributed by atoms with van der Waals surface area (Å²) < 4.78 is 24.0. The number of hydrazone groups is 1. The van der Waals surface area contributed by atoms with Crippen LogP contribution in [0.4, 0.5) is 4.39 Å². The van der Waals surface area contributed by atoms with E-state index in [0.29, 0.717) is 49.3 Å². The Morgan fingerprint density at radius 3 is 2.58 bits per heavy atom. The van der Waals surface area contributed by atoms with Gasteiger partial charge in [0.05, 0.1) is 25.2 Å². The van der Waals surface area contributed by atoms with Crippen LogP contribution in [0.25, 0.3) is 6.08 Å². The highest BCUT2D eigenvalue weighted by atomic mass is 32.2. The maximum Gasteiger partial charge on any atom is 0.283 e. The lowest BCUT2D eigenvalue weighted by atomic mass is 10.1. The zero-order chi connectivity index (χ0) is 25.1. The van der Waals surface area contributed by atoms with Crippen LogP contribution in [0, 0.1) is 11.2 Å². The molecule has 0 bridgehead atoms. The molecule has 0 atom stereocenters. The molecule has 2 aromatic carbocycles. The quantitative estimate of drug-likeness (QED) is 0.602. The molecule has 0 aromatic heterocycles. The van der Waals surface area contributed by atoms with Crippen molar-refractivity contribution in [3.63, 3.8) is 0 Å². The first-order valence-electron chi connectivity index (χ1n) is 11.3. The number of benzene rings is 2. The molecule has 36 heavy (non-hydrogen) atoms. The molecule has 0 saturated carbocycles. The molecular weight excluding hydrogens is 485 g/mol. The molecule has 1 fully saturated rings. The third-order valence-corrected chi connectivity index (χ3v) is 6.58. The van der Waals surface area contributed by atoms with Crippen molar-refractivity contribution >= 4 is 45.7 Å². The summed E-state index contributed by atoms with van der Waals surface area (Å²) in [6, 6.07) is 13.1. The molecule has 2 amide bonds. The van der Waals surface area contributed by atoms with Gasteiger partial charge in [0.25, 0.3) is 5.91 Å². The van der Waals surface area contributed by atoms with Gasteiger partial charge in [-0.1, -0.05) is 24.3 Å². The number of nitrogens with zero attached hydrogens (tertiary/aromatic N) is 4. The van der Waals surface area contributed by atoms with Gasteiger partial charge in [0.15, 0.2) is 5.84 Å². The first-order valence-corrected chi connectivity index (χ1v) is 12.1. The minimum absolute atomic E-state index is 0.0691. The smallest absolute Gasteiger partial charge is 0.283 e. The van der Waals surface area contributed by atoms with Gasteiger partial charge >= 0.3 is 0 Å². The summed E-state index contributed by atoms with van der Waals surface area (Å²) in [5.74, 6) is -0.386. The lowest BCUT2D eigenvalue weighted by Gasteiger charge is -2.26. The Morgan fingerprint density at radius 2 is 1.86 bits per heavy atom. The fourth-order valence-electron chi connectivity index (χ4n) is 3.73. The molecule has 1 N–H and O–H groups in total. The van der Waals surface area contributed by atoms with E-state index >= 15 is 0 Å². The number of ether oxygens (including phenoxy) is 2. The van der Waals surface area contributed by atoms with Crippen molar-refractivity contribution < 1.29 is 23.5 Å². The number of carbonyl (C=O) groups is 2. The SMILES string of the molecule is N=C1/C(=C/c2ccc(OCc3ccc(F)cc3)cc2)C(=O)N=C2SC(CC(=O)N3CCOCC3)=NN12. The van der Waals surface area contributed by atoms with Gasteiger partial charge in [-0.2, -0.15) is 15.1 Å². The predicted octanol–water partition coefficient (Wildman–Crippen LogP) is 3.27. The largest absolute Gasteiger partial charge is 0.489 e. The molecule has 3 aliphatic rings. The molecule has 0 unspecified atom stereocenters. The minimum atomic E-state index is -0.536. The number of amidine groups is 2. The van der Waals surface area contributed by atoms with Crippen LogP contribution < -0.4 is 4.74 Å². The summed E-state index contributed by atoms with van der Waals surface area (Å²) in [4.78, 5) is 31.0. The summed E-state index contributed by atoms with van der Waals surface area (Å²) >= 11 is 1.13. The first-order chi connectivity index (χ1) is 17.5. The van der Waals surface area contributed by atoms with E-state index in [0.717, 1.165) is 17.3 Å². The van der Waals surface area contributed by atoms with Crippen molar-refractivity contribution in [1.29, 1.82) is 5.41 Å². The average molecular weight is 508 g/mol. The summed E-state index contributed by atoms with van der Waals surface area (Å²) in [7, 11) is 0. The number of rotatable bonds is 6. The topological polar surface area (TPSA) is 108 Å². The number of hydrogen-bond acceptors (Lipinski definition) is 7. The Balaban J connectivity index is 1.24. The zero-order valence-electron chi connectivity index (χ0n) is 19.1. The van der Waals surface area contributed by atoms with Crippen LogP contribution in [0.2, 0.25) is 0 Å². The molecule has 5 rings (SSSR count). The number of carbonyl (C=O) groups excluding carboxylic acids is 2. The van der Waals surface area contributed by atoms with Gasteiger partial charge in [-0.15, -0.1) is 0 Å². The molecule has 0 radical (unpaired) electrons. The van der Waals surface area contributed by atoms with Gasteiger partial charge < -0.3 is 14.4 Å². The minimum Gasteiger partial charge on any atom is -0.489 e. The number of thioether (sulfide) groups is 1. The van der Waals surface area contributed by atoms with Crippen LogP contribution in [0.5, 0.6) is 5.75 Å². The van der Waals surface area contributed by atoms with Gasteiger partial charge in [-0.25, -0.2) is 4.39 Å². The van der Waals surface area contributed by atoms with Crippen LogP contribution in [0.15, 0.2) is 64.2 Å². The van der Waals surface area contributed by atoms with Gasteiger partial charge in [0, 0.05) is 13.1 Å². The van der Waals surface area contributed by atoms with Crippen LogP contribution in [0.3, 0.4) is 0 Å². The van der Waals surface area contributed by atoms with Crippen molar-refractivity contribution in [2.75, 3.05) is 26.3 Å². The highest BCUT2D eigenvalue weighted by molar-refractivity contribution is 8.27. The van der Waals surface area contributed by atoms with Crippen molar-refractivity contribution in [2.45, 2.75) is 13.0 Å². The Bertz CT molecular complexity index is 1280. The van der Waals surface area contributed by atoms with E-state index in [9.17, 15) is 14.0 Å². The highest BCUT2D eigenvalue weighted by Crippen LogP contribution is 2.30. The van der Waals surface area contributed by atoms with Gasteiger partial charge in [-0.05, 0) is 53.2 Å². The van der Waals surface area contributed by atoms with Gasteiger partial charge in [0.1, 0.15) is 23.2 Å². The second-order valence-electron chi connectivity index (χ2n) is 8.17. The van der Waals surface area contributed by atoms with Crippen molar-refractivity contribution in [1.82, 2.24) is 9.91 Å². The van der Waals surface area contributed by atoms with Crippen molar-refractivity contribution in [3.8, 4) is 5.75 Å². The van der Waals surface area contributed by atoms with Crippen molar-refractivity contribution in [3.05, 3.63) is 71.0 Å². The molecule has 0 aliphatic carbocycles. The molecule has 3 aliphatic heterocycles. The lowest BCUT2D eigenvalue weighted by Crippen LogP contribution is -2.41. The fourth-order valence-corrected chi connectivity index (χ4v) is 4.61. The summed E-state index contributed by atoms with van der Waals surface area (Å²) in [6.07, 6.45) is 1.66. The number of amides is 2. The van der Waals surface area contributed by atoms with E-state index in [1.807, 2.05) is 0 Å². The zero-order valence-corrected chi connectivity index (χ0v) is 20.0. The summed E-state index contributed by atoms with van der Waals surface area (Å²) in [6.45, 7) is 2.40. The average Bonchev–Trinajstić information content (AvgIpc) is 3.29. The van der Waals surface area contributed by atoms with E-state index in [-0.39, 0.29) is 34.7 Å². The molecular formula is C25H22FN5O4S. The number of hydrogen-bond donors (Lipinski definition) is 1. The Hall–Kier alpha value is -3.83. The highest BCUT2D eigenvalue weighted by Gasteiger charge is 2.36. The van der Waals surface area contributed by atoms with Crippen LogP contribution in [-0.2, 0) is 20.9 Å². The van der Waals surface area contributed by atoms with Crippen LogP contribution in [0.1, 0.15) is 17.5 Å². The second kappa shape index (κ2) is 10.4. The number of morpholine rings is 1. The Morgan fingerprint density at radius 1 is 1.14 bits per heavy atom. The molecule has 11 heteroatoms. The van der Waals surface area contributed by atoms with E-state index in [1.165, 1.54) is 17.1 Å². The number of halogens is 1. The Kier molecular flexibility index (Phi) is 6.92. The second-order valence-corrected chi connectivity index (χ2v) is 9.21. The molecule has 2 aromatic rings. The Labute approximate surface area is 210 Å². The summed E-state index contributed by atoms with van der Waals surface area (Å²) in [5, 5.41) is 14.9. The van der Waals surface area contributed by atoms with Crippen LogP contribution >= 0.6 is 11.8 Å². The van der Waals surface area contributed by atoms with Crippen molar-refractivity contribution in [2.24, 2.45) is 10.1 Å². The maximum atomic E-state index is 13.0. The maximum absolute atomic E-state index is 13.0. The molecule has 3 heterocycles. The predicted molar refractivity (Wildman–Crippen MR) is 134 cm³/mol. The molecule has 9 nitrogen and oxygen atoms in total. The van der Waals surface area contributed by atoms with E-state index < -0.39 is 5.91 Å². The molecule has 1 saturated heterocycles. The first kappa shape index (κ1) is 23.9. The van der Waals surface area contributed by atoms with Crippen LogP contribution in [-0.4, -0.2) is 64.1 Å². The number of fused-ring (bicyclic) bond motifs is 1. The van der Waals surface area contributed by atoms with Gasteiger partial charge in [0.2, 0.25) is 11.1 Å². The molecule has 184 valence electrons. The third-order valence-electron chi connectivity index (χ3n) is 5.67. The lowest BCUT2D eigenvalue weighted by molar-refractivity contribution is -0.133. The van der Waals surface area contributed by atoms with E-state index in [4.69, 9.17) is 14.9 Å². The fraction of sp³-hybridized carbons (Fsp3) is 0.240. The number of aliphatic imine (C=N–C) groups is 1. The van der Waals surface area contributed by atoms with E-state index in [1.54, 1.807) is 47.4 Å². The summed E-state index contributed by atoms with van der Waals surface area (Å²) in [5.41, 5.74) is 1.63.